The standard InChI is InChI=1S/C52H36N2/c1-4-12-37(13-5-1)39-20-22-40(23-21-39)42-26-31-46(32-27-42)54-50-35-28-43-16-10-11-19-48(43)52(50)49-34-33-47(36-51(49)54)53(44-17-8-3-9-18-44)45-29-24-41(25-30-45)38-14-6-2-7-15-38/h1-36H. The summed E-state index contributed by atoms with van der Waals surface area (Å²) in [5.41, 5.74) is 14.1. The summed E-state index contributed by atoms with van der Waals surface area (Å²) in [7, 11) is 0. The molecule has 54 heavy (non-hydrogen) atoms. The first-order valence-electron chi connectivity index (χ1n) is 18.5. The second kappa shape index (κ2) is 13.4. The first kappa shape index (κ1) is 31.6. The van der Waals surface area contributed by atoms with Gasteiger partial charge < -0.3 is 9.47 Å². The van der Waals surface area contributed by atoms with Crippen molar-refractivity contribution in [3.8, 4) is 39.1 Å². The van der Waals surface area contributed by atoms with Crippen molar-refractivity contribution in [2.24, 2.45) is 0 Å². The van der Waals surface area contributed by atoms with Gasteiger partial charge in [0, 0.05) is 33.5 Å². The van der Waals surface area contributed by atoms with Crippen LogP contribution in [-0.4, -0.2) is 4.57 Å². The molecule has 0 atom stereocenters. The van der Waals surface area contributed by atoms with Gasteiger partial charge in [-0.25, -0.2) is 0 Å². The Balaban J connectivity index is 1.12. The third-order valence-electron chi connectivity index (χ3n) is 10.6. The summed E-state index contributed by atoms with van der Waals surface area (Å²) in [5.74, 6) is 0. The van der Waals surface area contributed by atoms with Gasteiger partial charge in [-0.3, -0.25) is 0 Å². The van der Waals surface area contributed by atoms with Gasteiger partial charge in [-0.15, -0.1) is 0 Å². The van der Waals surface area contributed by atoms with E-state index < -0.39 is 0 Å². The average Bonchev–Trinajstić information content (AvgIpc) is 3.59. The van der Waals surface area contributed by atoms with Crippen LogP contribution in [0.5, 0.6) is 0 Å². The van der Waals surface area contributed by atoms with Crippen molar-refractivity contribution in [2.75, 3.05) is 4.90 Å². The number of nitrogens with zero attached hydrogens (tertiary/aromatic N) is 2. The van der Waals surface area contributed by atoms with Crippen molar-refractivity contribution in [1.29, 1.82) is 0 Å². The fourth-order valence-electron chi connectivity index (χ4n) is 7.94. The molecule has 0 amide bonds. The molecule has 0 fully saturated rings. The maximum absolute atomic E-state index is 2.44. The molecule has 0 radical (unpaired) electrons. The largest absolute Gasteiger partial charge is 0.310 e. The predicted octanol–water partition coefficient (Wildman–Crippen LogP) is 14.4. The molecule has 10 rings (SSSR count). The normalized spacial score (nSPS) is 11.3. The summed E-state index contributed by atoms with van der Waals surface area (Å²) in [5, 5.41) is 5.01. The van der Waals surface area contributed by atoms with E-state index in [1.807, 2.05) is 0 Å². The lowest BCUT2D eigenvalue weighted by Crippen LogP contribution is -2.10. The zero-order valence-electron chi connectivity index (χ0n) is 29.7. The van der Waals surface area contributed by atoms with E-state index in [1.165, 1.54) is 66.0 Å². The number of anilines is 3. The number of para-hydroxylation sites is 1. The van der Waals surface area contributed by atoms with Crippen LogP contribution in [0.1, 0.15) is 0 Å². The lowest BCUT2D eigenvalue weighted by atomic mass is 10.0. The molecule has 0 aliphatic carbocycles. The van der Waals surface area contributed by atoms with Gasteiger partial charge in [0.15, 0.2) is 0 Å². The van der Waals surface area contributed by atoms with Crippen LogP contribution in [0.25, 0.3) is 71.6 Å². The van der Waals surface area contributed by atoms with Crippen LogP contribution in [0.4, 0.5) is 17.1 Å². The highest BCUT2D eigenvalue weighted by Crippen LogP contribution is 2.42. The van der Waals surface area contributed by atoms with Crippen LogP contribution in [0.15, 0.2) is 218 Å². The van der Waals surface area contributed by atoms with Gasteiger partial charge in [0.1, 0.15) is 0 Å². The van der Waals surface area contributed by atoms with Crippen molar-refractivity contribution in [1.82, 2.24) is 4.57 Å². The number of hydrogen-bond acceptors (Lipinski definition) is 1. The number of benzene rings is 9. The fourth-order valence-corrected chi connectivity index (χ4v) is 7.94. The molecule has 0 saturated heterocycles. The van der Waals surface area contributed by atoms with Crippen LogP contribution in [0.3, 0.4) is 0 Å². The second-order valence-electron chi connectivity index (χ2n) is 13.8. The van der Waals surface area contributed by atoms with Gasteiger partial charge >= 0.3 is 0 Å². The zero-order valence-corrected chi connectivity index (χ0v) is 29.7. The number of rotatable bonds is 7. The molecule has 1 aromatic heterocycles. The van der Waals surface area contributed by atoms with Crippen LogP contribution in [0, 0.1) is 0 Å². The van der Waals surface area contributed by atoms with Gasteiger partial charge in [-0.1, -0.05) is 164 Å². The highest BCUT2D eigenvalue weighted by molar-refractivity contribution is 6.21. The van der Waals surface area contributed by atoms with Crippen molar-refractivity contribution >= 4 is 49.6 Å². The van der Waals surface area contributed by atoms with Gasteiger partial charge in [-0.2, -0.15) is 0 Å². The molecule has 2 nitrogen and oxygen atoms in total. The topological polar surface area (TPSA) is 8.17 Å². The Morgan fingerprint density at radius 3 is 1.37 bits per heavy atom. The fraction of sp³-hybridized carbons (Fsp3) is 0. The third kappa shape index (κ3) is 5.62. The summed E-state index contributed by atoms with van der Waals surface area (Å²) in [6.07, 6.45) is 0. The van der Waals surface area contributed by atoms with E-state index in [9.17, 15) is 0 Å². The minimum absolute atomic E-state index is 1.10. The third-order valence-corrected chi connectivity index (χ3v) is 10.6. The van der Waals surface area contributed by atoms with E-state index in [0.717, 1.165) is 22.7 Å². The molecular weight excluding hydrogens is 653 g/mol. The van der Waals surface area contributed by atoms with Gasteiger partial charge in [0.05, 0.1) is 11.0 Å². The summed E-state index contributed by atoms with van der Waals surface area (Å²) >= 11 is 0. The van der Waals surface area contributed by atoms with Crippen molar-refractivity contribution in [2.45, 2.75) is 0 Å². The molecule has 254 valence electrons. The Kier molecular flexibility index (Phi) is 7.85. The molecule has 0 saturated carbocycles. The van der Waals surface area contributed by atoms with Crippen LogP contribution in [-0.2, 0) is 0 Å². The summed E-state index contributed by atoms with van der Waals surface area (Å²) in [6.45, 7) is 0. The Bertz CT molecular complexity index is 2870. The molecular formula is C52H36N2. The quantitative estimate of drug-likeness (QED) is 0.162. The molecule has 0 N–H and O–H groups in total. The monoisotopic (exact) mass is 688 g/mol. The summed E-state index contributed by atoms with van der Waals surface area (Å²) < 4.78 is 2.44. The lowest BCUT2D eigenvalue weighted by Gasteiger charge is -2.26. The summed E-state index contributed by atoms with van der Waals surface area (Å²) in [4.78, 5) is 2.36. The van der Waals surface area contributed by atoms with Crippen molar-refractivity contribution < 1.29 is 0 Å². The SMILES string of the molecule is c1ccc(-c2ccc(-c3ccc(-n4c5cc(N(c6ccccc6)c6ccc(-c7ccccc7)cc6)ccc5c5c6ccccc6ccc54)cc3)cc2)cc1. The van der Waals surface area contributed by atoms with Crippen molar-refractivity contribution in [3.63, 3.8) is 0 Å². The Hall–Kier alpha value is -7.16. The molecule has 0 spiro atoms. The molecule has 9 aromatic carbocycles. The van der Waals surface area contributed by atoms with E-state index in [-0.39, 0.29) is 0 Å². The van der Waals surface area contributed by atoms with Crippen LogP contribution in [0.2, 0.25) is 0 Å². The first-order valence-corrected chi connectivity index (χ1v) is 18.5. The number of aromatic nitrogens is 1. The Morgan fingerprint density at radius 2 is 0.759 bits per heavy atom. The van der Waals surface area contributed by atoms with E-state index in [2.05, 4.69) is 228 Å². The lowest BCUT2D eigenvalue weighted by molar-refractivity contribution is 1.18. The van der Waals surface area contributed by atoms with E-state index >= 15 is 0 Å². The highest BCUT2D eigenvalue weighted by atomic mass is 15.1. The highest BCUT2D eigenvalue weighted by Gasteiger charge is 2.19. The maximum atomic E-state index is 2.44. The minimum atomic E-state index is 1.10. The van der Waals surface area contributed by atoms with Gasteiger partial charge in [0.25, 0.3) is 0 Å². The maximum Gasteiger partial charge on any atom is 0.0562 e. The van der Waals surface area contributed by atoms with E-state index in [1.54, 1.807) is 0 Å². The zero-order chi connectivity index (χ0) is 35.8. The molecule has 10 aromatic rings. The number of hydrogen-bond donors (Lipinski definition) is 0. The van der Waals surface area contributed by atoms with Crippen molar-refractivity contribution in [3.05, 3.63) is 218 Å². The van der Waals surface area contributed by atoms with E-state index in [4.69, 9.17) is 0 Å². The molecule has 2 heteroatoms. The predicted molar refractivity (Wildman–Crippen MR) is 229 cm³/mol. The minimum Gasteiger partial charge on any atom is -0.310 e. The Labute approximate surface area is 315 Å². The molecule has 0 aliphatic rings. The Morgan fingerprint density at radius 1 is 0.296 bits per heavy atom. The average molecular weight is 689 g/mol. The van der Waals surface area contributed by atoms with E-state index in [0.29, 0.717) is 0 Å². The van der Waals surface area contributed by atoms with Gasteiger partial charge in [-0.05, 0) is 98.8 Å². The van der Waals surface area contributed by atoms with Crippen LogP contribution >= 0.6 is 0 Å². The molecule has 1 heterocycles. The van der Waals surface area contributed by atoms with Gasteiger partial charge in [0.2, 0.25) is 0 Å². The molecule has 0 aliphatic heterocycles. The smallest absolute Gasteiger partial charge is 0.0562 e. The molecule has 0 bridgehead atoms. The summed E-state index contributed by atoms with van der Waals surface area (Å²) in [6, 6.07) is 78.8. The molecule has 0 unspecified atom stereocenters. The first-order chi connectivity index (χ1) is 26.8. The van der Waals surface area contributed by atoms with Crippen LogP contribution < -0.4 is 4.90 Å². The number of fused-ring (bicyclic) bond motifs is 5. The second-order valence-corrected chi connectivity index (χ2v) is 13.8.